The summed E-state index contributed by atoms with van der Waals surface area (Å²) in [7, 11) is 0. The van der Waals surface area contributed by atoms with Crippen LogP contribution in [0.2, 0.25) is 0 Å². The molecule has 0 radical (unpaired) electrons. The molecule has 0 aliphatic heterocycles. The Balaban J connectivity index is 1.80. The van der Waals surface area contributed by atoms with Gasteiger partial charge in [0.05, 0.1) is 25.3 Å². The van der Waals surface area contributed by atoms with Crippen LogP contribution in [0.25, 0.3) is 0 Å². The highest BCUT2D eigenvalue weighted by molar-refractivity contribution is 7.80. The van der Waals surface area contributed by atoms with Crippen LogP contribution in [-0.4, -0.2) is 18.2 Å². The summed E-state index contributed by atoms with van der Waals surface area (Å²) in [6.45, 7) is 8.03. The van der Waals surface area contributed by atoms with E-state index in [-0.39, 0.29) is 5.82 Å². The first-order valence-electron chi connectivity index (χ1n) is 8.82. The predicted octanol–water partition coefficient (Wildman–Crippen LogP) is 3.11. The zero-order valence-electron chi connectivity index (χ0n) is 14.9. The number of unbranched alkanes of at least 4 members (excludes halogenated alkanes) is 1. The van der Waals surface area contributed by atoms with Gasteiger partial charge in [0.15, 0.2) is 10.9 Å². The molecule has 0 aliphatic carbocycles. The van der Waals surface area contributed by atoms with Crippen LogP contribution < -0.4 is 15.5 Å². The molecule has 0 spiro atoms. The van der Waals surface area contributed by atoms with Crippen LogP contribution in [0.3, 0.4) is 0 Å². The van der Waals surface area contributed by atoms with Gasteiger partial charge in [0, 0.05) is 0 Å². The summed E-state index contributed by atoms with van der Waals surface area (Å²) in [5, 5.41) is 6.26. The number of hydrogen-bond acceptors (Lipinski definition) is 2. The van der Waals surface area contributed by atoms with Crippen LogP contribution in [0.15, 0.2) is 40.8 Å². The maximum absolute atomic E-state index is 13.6. The lowest BCUT2D eigenvalue weighted by Gasteiger charge is -2.15. The molecule has 0 fully saturated rings. The maximum atomic E-state index is 13.6. The summed E-state index contributed by atoms with van der Waals surface area (Å²) in [6, 6.07) is 10.4. The zero-order chi connectivity index (χ0) is 18.1. The number of nitrogens with one attached hydrogen (secondary N) is 3. The van der Waals surface area contributed by atoms with Gasteiger partial charge >= 0.3 is 0 Å². The Bertz CT molecular complexity index is 674. The Hall–Kier alpha value is -1.92. The van der Waals surface area contributed by atoms with E-state index in [0.29, 0.717) is 17.3 Å². The summed E-state index contributed by atoms with van der Waals surface area (Å²) < 4.78 is 19.5. The Morgan fingerprint density at radius 1 is 1.16 bits per heavy atom. The normalized spacial score (nSPS) is 12.0. The van der Waals surface area contributed by atoms with Crippen molar-refractivity contribution < 1.29 is 13.7 Å². The largest absolute Gasteiger partial charge is 0.458 e. The van der Waals surface area contributed by atoms with E-state index in [1.165, 1.54) is 23.8 Å². The molecular weight excluding hydrogens is 337 g/mol. The first kappa shape index (κ1) is 19.4. The van der Waals surface area contributed by atoms with Crippen LogP contribution in [0, 0.1) is 5.82 Å². The molecule has 2 rings (SSSR count). The van der Waals surface area contributed by atoms with Crippen LogP contribution in [0.1, 0.15) is 38.2 Å². The van der Waals surface area contributed by atoms with Gasteiger partial charge in [-0.2, -0.15) is 0 Å². The number of para-hydroxylation sites is 1. The second kappa shape index (κ2) is 10.2. The molecule has 4 nitrogen and oxygen atoms in total. The molecule has 25 heavy (non-hydrogen) atoms. The van der Waals surface area contributed by atoms with Crippen molar-refractivity contribution in [2.24, 2.45) is 0 Å². The summed E-state index contributed by atoms with van der Waals surface area (Å²) in [4.78, 5) is 1.52. The molecule has 3 N–H and O–H groups in total. The SMILES string of the molecule is CCCC[NH+](CC)Cc1ccc(CNC(=S)Nc2ccccc2F)o1. The van der Waals surface area contributed by atoms with Crippen LogP contribution in [0.5, 0.6) is 0 Å². The van der Waals surface area contributed by atoms with Crippen molar-refractivity contribution in [1.29, 1.82) is 0 Å². The van der Waals surface area contributed by atoms with Gasteiger partial charge < -0.3 is 20.0 Å². The van der Waals surface area contributed by atoms with Gasteiger partial charge in [0.2, 0.25) is 0 Å². The lowest BCUT2D eigenvalue weighted by molar-refractivity contribution is -0.913. The molecule has 1 aromatic heterocycles. The van der Waals surface area contributed by atoms with Gasteiger partial charge in [-0.25, -0.2) is 4.39 Å². The Morgan fingerprint density at radius 2 is 1.92 bits per heavy atom. The number of thiocarbonyl (C=S) groups is 1. The minimum absolute atomic E-state index is 0.332. The fourth-order valence-corrected chi connectivity index (χ4v) is 2.75. The fourth-order valence-electron chi connectivity index (χ4n) is 2.57. The number of halogens is 1. The van der Waals surface area contributed by atoms with Gasteiger partial charge in [-0.05, 0) is 49.8 Å². The topological polar surface area (TPSA) is 41.6 Å². The molecule has 136 valence electrons. The van der Waals surface area contributed by atoms with E-state index in [0.717, 1.165) is 31.2 Å². The lowest BCUT2D eigenvalue weighted by atomic mass is 10.3. The standard InChI is InChI=1S/C19H26FN3OS/c1-3-5-12-23(4-2)14-16-11-10-15(24-16)13-21-19(25)22-18-9-7-6-8-17(18)20/h6-11H,3-5,12-14H2,1-2H3,(H2,21,22,25)/p+1. The third-order valence-corrected chi connectivity index (χ3v) is 4.32. The van der Waals surface area contributed by atoms with E-state index in [2.05, 4.69) is 24.5 Å². The molecule has 0 saturated carbocycles. The van der Waals surface area contributed by atoms with E-state index in [4.69, 9.17) is 16.6 Å². The number of furan rings is 1. The lowest BCUT2D eigenvalue weighted by Crippen LogP contribution is -3.10. The van der Waals surface area contributed by atoms with Gasteiger partial charge in [0.25, 0.3) is 0 Å². The molecule has 1 aromatic carbocycles. The molecule has 0 amide bonds. The smallest absolute Gasteiger partial charge is 0.171 e. The molecule has 0 saturated heterocycles. The number of benzene rings is 1. The summed E-state index contributed by atoms with van der Waals surface area (Å²) in [5.41, 5.74) is 0.359. The first-order chi connectivity index (χ1) is 12.1. The van der Waals surface area contributed by atoms with Crippen molar-refractivity contribution in [1.82, 2.24) is 5.32 Å². The predicted molar refractivity (Wildman–Crippen MR) is 103 cm³/mol. The second-order valence-electron chi connectivity index (χ2n) is 6.04. The molecule has 2 aromatic rings. The second-order valence-corrected chi connectivity index (χ2v) is 6.45. The highest BCUT2D eigenvalue weighted by atomic mass is 32.1. The van der Waals surface area contributed by atoms with Gasteiger partial charge in [-0.3, -0.25) is 0 Å². The molecule has 1 unspecified atom stereocenters. The molecule has 0 aliphatic rings. The van der Waals surface area contributed by atoms with Crippen molar-refractivity contribution in [2.45, 2.75) is 39.8 Å². The van der Waals surface area contributed by atoms with Crippen molar-refractivity contribution in [3.05, 3.63) is 53.7 Å². The third-order valence-electron chi connectivity index (χ3n) is 4.07. The van der Waals surface area contributed by atoms with Crippen LogP contribution in [-0.2, 0) is 13.1 Å². The minimum atomic E-state index is -0.332. The minimum Gasteiger partial charge on any atom is -0.458 e. The summed E-state index contributed by atoms with van der Waals surface area (Å²) in [6.07, 6.45) is 2.44. The summed E-state index contributed by atoms with van der Waals surface area (Å²) in [5.74, 6) is 1.47. The van der Waals surface area contributed by atoms with Crippen molar-refractivity contribution >= 4 is 23.0 Å². The highest BCUT2D eigenvalue weighted by Gasteiger charge is 2.11. The van der Waals surface area contributed by atoms with Crippen molar-refractivity contribution in [3.8, 4) is 0 Å². The van der Waals surface area contributed by atoms with Gasteiger partial charge in [0.1, 0.15) is 18.1 Å². The van der Waals surface area contributed by atoms with Crippen molar-refractivity contribution in [3.63, 3.8) is 0 Å². The Morgan fingerprint density at radius 3 is 2.64 bits per heavy atom. The Kier molecular flexibility index (Phi) is 7.88. The van der Waals surface area contributed by atoms with E-state index >= 15 is 0 Å². The van der Waals surface area contributed by atoms with E-state index in [1.807, 2.05) is 12.1 Å². The molecule has 6 heteroatoms. The number of rotatable bonds is 9. The summed E-state index contributed by atoms with van der Waals surface area (Å²) >= 11 is 5.20. The highest BCUT2D eigenvalue weighted by Crippen LogP contribution is 2.12. The number of anilines is 1. The average Bonchev–Trinajstić information content (AvgIpc) is 3.06. The number of quaternary nitrogens is 1. The van der Waals surface area contributed by atoms with Crippen LogP contribution in [0.4, 0.5) is 10.1 Å². The first-order valence-corrected chi connectivity index (χ1v) is 9.23. The average molecular weight is 365 g/mol. The van der Waals surface area contributed by atoms with Gasteiger partial charge in [-0.1, -0.05) is 25.5 Å². The van der Waals surface area contributed by atoms with E-state index in [9.17, 15) is 4.39 Å². The van der Waals surface area contributed by atoms with Crippen LogP contribution >= 0.6 is 12.2 Å². The maximum Gasteiger partial charge on any atom is 0.171 e. The quantitative estimate of drug-likeness (QED) is 0.598. The number of hydrogen-bond donors (Lipinski definition) is 3. The Labute approximate surface area is 154 Å². The van der Waals surface area contributed by atoms with E-state index < -0.39 is 0 Å². The van der Waals surface area contributed by atoms with Gasteiger partial charge in [-0.15, -0.1) is 0 Å². The zero-order valence-corrected chi connectivity index (χ0v) is 15.7. The fraction of sp³-hybridized carbons (Fsp3) is 0.421. The third kappa shape index (κ3) is 6.48. The molecule has 1 atom stereocenters. The monoisotopic (exact) mass is 364 g/mol. The molecule has 1 heterocycles. The molecular formula is C19H27FN3OS+. The van der Waals surface area contributed by atoms with E-state index in [1.54, 1.807) is 18.2 Å². The molecule has 0 bridgehead atoms. The van der Waals surface area contributed by atoms with Crippen molar-refractivity contribution in [2.75, 3.05) is 18.4 Å².